The van der Waals surface area contributed by atoms with Gasteiger partial charge in [0.1, 0.15) is 0 Å². The lowest BCUT2D eigenvalue weighted by Gasteiger charge is -2.34. The average Bonchev–Trinajstić information content (AvgIpc) is 2.69. The third-order valence-corrected chi connectivity index (χ3v) is 6.39. The molecule has 28 heavy (non-hydrogen) atoms. The summed E-state index contributed by atoms with van der Waals surface area (Å²) >= 11 is 13.8. The van der Waals surface area contributed by atoms with Crippen molar-refractivity contribution in [2.75, 3.05) is 22.9 Å². The molecule has 1 amide bonds. The van der Waals surface area contributed by atoms with E-state index in [-0.39, 0.29) is 6.54 Å². The zero-order valence-electron chi connectivity index (χ0n) is 14.7. The minimum atomic E-state index is -1.04. The molecular formula is C21H16Cl2N2O2S. The Balaban J connectivity index is 1.65. The molecule has 3 aromatic carbocycles. The largest absolute Gasteiger partial charge is 0.465 e. The van der Waals surface area contributed by atoms with Crippen LogP contribution in [0.1, 0.15) is 0 Å². The first-order valence-electron chi connectivity index (χ1n) is 8.63. The molecule has 4 nitrogen and oxygen atoms in total. The van der Waals surface area contributed by atoms with E-state index in [1.807, 2.05) is 24.3 Å². The monoisotopic (exact) mass is 430 g/mol. The topological polar surface area (TPSA) is 43.8 Å². The van der Waals surface area contributed by atoms with Gasteiger partial charge in [-0.1, -0.05) is 59.2 Å². The van der Waals surface area contributed by atoms with Crippen LogP contribution in [0.15, 0.2) is 76.5 Å². The molecule has 0 aromatic heterocycles. The molecule has 0 aliphatic carbocycles. The summed E-state index contributed by atoms with van der Waals surface area (Å²) < 4.78 is 0. The van der Waals surface area contributed by atoms with Crippen LogP contribution in [-0.2, 0) is 0 Å². The van der Waals surface area contributed by atoms with Crippen LogP contribution < -0.4 is 9.80 Å². The van der Waals surface area contributed by atoms with Crippen molar-refractivity contribution in [3.05, 3.63) is 76.8 Å². The maximum Gasteiger partial charge on any atom is 0.411 e. The highest BCUT2D eigenvalue weighted by atomic mass is 35.5. The van der Waals surface area contributed by atoms with E-state index in [9.17, 15) is 9.90 Å². The highest BCUT2D eigenvalue weighted by molar-refractivity contribution is 7.99. The molecule has 142 valence electrons. The Labute approximate surface area is 177 Å². The van der Waals surface area contributed by atoms with E-state index in [0.29, 0.717) is 22.3 Å². The number of amides is 1. The minimum Gasteiger partial charge on any atom is -0.465 e. The Morgan fingerprint density at radius 3 is 2.11 bits per heavy atom. The van der Waals surface area contributed by atoms with Gasteiger partial charge in [-0.15, -0.1) is 0 Å². The van der Waals surface area contributed by atoms with Crippen LogP contribution in [0.25, 0.3) is 0 Å². The second-order valence-electron chi connectivity index (χ2n) is 6.22. The number of anilines is 3. The summed E-state index contributed by atoms with van der Waals surface area (Å²) in [6.45, 7) is 0.780. The Kier molecular flexibility index (Phi) is 5.40. The molecule has 1 aliphatic rings. The molecule has 0 spiro atoms. The first-order valence-corrected chi connectivity index (χ1v) is 10.2. The van der Waals surface area contributed by atoms with E-state index in [0.717, 1.165) is 21.2 Å². The second-order valence-corrected chi connectivity index (χ2v) is 8.12. The van der Waals surface area contributed by atoms with E-state index >= 15 is 0 Å². The molecule has 0 unspecified atom stereocenters. The number of rotatable bonds is 4. The quantitative estimate of drug-likeness (QED) is 0.495. The molecule has 7 heteroatoms. The van der Waals surface area contributed by atoms with Crippen molar-refractivity contribution in [1.29, 1.82) is 0 Å². The van der Waals surface area contributed by atoms with E-state index in [1.165, 1.54) is 4.90 Å². The van der Waals surface area contributed by atoms with Crippen LogP contribution in [0.4, 0.5) is 21.9 Å². The SMILES string of the molecule is O=C(O)N(CCN1c2ccccc2Sc2ccccc21)c1ccc(Cl)c(Cl)c1. The molecule has 0 saturated heterocycles. The number of hydrogen-bond donors (Lipinski definition) is 1. The van der Waals surface area contributed by atoms with Gasteiger partial charge in [-0.3, -0.25) is 4.90 Å². The second kappa shape index (κ2) is 7.95. The van der Waals surface area contributed by atoms with Crippen LogP contribution in [0.5, 0.6) is 0 Å². The normalized spacial score (nSPS) is 12.3. The molecule has 1 aliphatic heterocycles. The molecule has 0 atom stereocenters. The lowest BCUT2D eigenvalue weighted by atomic mass is 10.2. The molecule has 1 heterocycles. The minimum absolute atomic E-state index is 0.278. The predicted octanol–water partition coefficient (Wildman–Crippen LogP) is 6.78. The summed E-state index contributed by atoms with van der Waals surface area (Å²) in [6.07, 6.45) is -1.04. The molecule has 3 aromatic rings. The lowest BCUT2D eigenvalue weighted by molar-refractivity contribution is 0.202. The molecular weight excluding hydrogens is 415 g/mol. The predicted molar refractivity (Wildman–Crippen MR) is 116 cm³/mol. The first-order chi connectivity index (χ1) is 13.5. The maximum absolute atomic E-state index is 11.9. The van der Waals surface area contributed by atoms with E-state index in [2.05, 4.69) is 29.2 Å². The van der Waals surface area contributed by atoms with Crippen LogP contribution in [0.2, 0.25) is 10.0 Å². The molecule has 0 saturated carbocycles. The maximum atomic E-state index is 11.9. The van der Waals surface area contributed by atoms with Gasteiger partial charge in [0.15, 0.2) is 0 Å². The van der Waals surface area contributed by atoms with Crippen molar-refractivity contribution in [3.8, 4) is 0 Å². The average molecular weight is 431 g/mol. The van der Waals surface area contributed by atoms with Crippen molar-refractivity contribution in [1.82, 2.24) is 0 Å². The van der Waals surface area contributed by atoms with Crippen LogP contribution >= 0.6 is 35.0 Å². The van der Waals surface area contributed by atoms with E-state index < -0.39 is 6.09 Å². The number of hydrogen-bond acceptors (Lipinski definition) is 3. The smallest absolute Gasteiger partial charge is 0.411 e. The number of carbonyl (C=O) groups is 1. The zero-order chi connectivity index (χ0) is 19.7. The van der Waals surface area contributed by atoms with Gasteiger partial charge >= 0.3 is 6.09 Å². The number of nitrogens with zero attached hydrogens (tertiary/aromatic N) is 2. The van der Waals surface area contributed by atoms with Gasteiger partial charge in [0, 0.05) is 28.6 Å². The van der Waals surface area contributed by atoms with Crippen molar-refractivity contribution < 1.29 is 9.90 Å². The van der Waals surface area contributed by atoms with Crippen LogP contribution in [-0.4, -0.2) is 24.3 Å². The lowest BCUT2D eigenvalue weighted by Crippen LogP contribution is -2.37. The van der Waals surface area contributed by atoms with E-state index in [1.54, 1.807) is 30.0 Å². The van der Waals surface area contributed by atoms with Crippen LogP contribution in [0.3, 0.4) is 0 Å². The summed E-state index contributed by atoms with van der Waals surface area (Å²) in [7, 11) is 0. The standard InChI is InChI=1S/C21H16Cl2N2O2S/c22-15-10-9-14(13-16(15)23)24(21(26)27)11-12-25-17-5-1-3-7-19(17)28-20-8-4-2-6-18(20)25/h1-10,13H,11-12H2,(H,26,27). The van der Waals surface area contributed by atoms with Crippen molar-refractivity contribution in [2.45, 2.75) is 9.79 Å². The summed E-state index contributed by atoms with van der Waals surface area (Å²) in [6, 6.07) is 21.1. The zero-order valence-corrected chi connectivity index (χ0v) is 17.0. The highest BCUT2D eigenvalue weighted by Gasteiger charge is 2.24. The third kappa shape index (κ3) is 3.65. The third-order valence-electron chi connectivity index (χ3n) is 4.52. The fourth-order valence-electron chi connectivity index (χ4n) is 3.21. The Morgan fingerprint density at radius 2 is 1.54 bits per heavy atom. The number of halogens is 2. The molecule has 4 rings (SSSR count). The summed E-state index contributed by atoms with van der Waals surface area (Å²) in [5.41, 5.74) is 2.64. The molecule has 1 N–H and O–H groups in total. The number of benzene rings is 3. The fraction of sp³-hybridized carbons (Fsp3) is 0.0952. The van der Waals surface area contributed by atoms with Gasteiger partial charge in [-0.05, 0) is 42.5 Å². The number of fused-ring (bicyclic) bond motifs is 2. The summed E-state index contributed by atoms with van der Waals surface area (Å²) in [4.78, 5) is 17.6. The highest BCUT2D eigenvalue weighted by Crippen LogP contribution is 2.47. The molecule has 0 bridgehead atoms. The van der Waals surface area contributed by atoms with Gasteiger partial charge in [0.05, 0.1) is 21.4 Å². The molecule has 0 fully saturated rings. The summed E-state index contributed by atoms with van der Waals surface area (Å²) in [5.74, 6) is 0. The Bertz CT molecular complexity index is 999. The number of para-hydroxylation sites is 2. The fourth-order valence-corrected chi connectivity index (χ4v) is 4.60. The van der Waals surface area contributed by atoms with Gasteiger partial charge < -0.3 is 10.0 Å². The van der Waals surface area contributed by atoms with Crippen LogP contribution in [0, 0.1) is 0 Å². The number of carboxylic acid groups (broad SMARTS) is 1. The van der Waals surface area contributed by atoms with Crippen molar-refractivity contribution >= 4 is 58.1 Å². The van der Waals surface area contributed by atoms with E-state index in [4.69, 9.17) is 23.2 Å². The first kappa shape index (κ1) is 19.0. The molecule has 0 radical (unpaired) electrons. The van der Waals surface area contributed by atoms with Crippen molar-refractivity contribution in [2.24, 2.45) is 0 Å². The Hall–Kier alpha value is -2.34. The van der Waals surface area contributed by atoms with Gasteiger partial charge in [-0.2, -0.15) is 0 Å². The summed E-state index contributed by atoms with van der Waals surface area (Å²) in [5, 5.41) is 10.5. The van der Waals surface area contributed by atoms with Gasteiger partial charge in [0.2, 0.25) is 0 Å². The Morgan fingerprint density at radius 1 is 0.929 bits per heavy atom. The van der Waals surface area contributed by atoms with Crippen molar-refractivity contribution in [3.63, 3.8) is 0 Å². The van der Waals surface area contributed by atoms with Gasteiger partial charge in [-0.25, -0.2) is 4.79 Å². The van der Waals surface area contributed by atoms with Gasteiger partial charge in [0.25, 0.3) is 0 Å².